The number of nitrogens with zero attached hydrogens (tertiary/aromatic N) is 1. The van der Waals surface area contributed by atoms with E-state index < -0.39 is 0 Å². The number of carbonyl (C=O) groups is 1. The smallest absolute Gasteiger partial charge is 0.263 e. The Morgan fingerprint density at radius 1 is 1.47 bits per heavy atom. The minimum Gasteiger partial charge on any atom is -0.396 e. The zero-order chi connectivity index (χ0) is 13.7. The highest BCUT2D eigenvalue weighted by Crippen LogP contribution is 2.24. The first-order valence-corrected chi connectivity index (χ1v) is 8.08. The third-order valence-corrected chi connectivity index (χ3v) is 4.78. The minimum absolute atomic E-state index is 0.115. The Bertz CT molecular complexity index is 416. The fraction of sp³-hybridized carbons (Fsp3) is 0.615. The molecule has 1 fully saturated rings. The summed E-state index contributed by atoms with van der Waals surface area (Å²) in [5.74, 6) is 0.115. The van der Waals surface area contributed by atoms with Crippen LogP contribution in [-0.4, -0.2) is 48.3 Å². The van der Waals surface area contributed by atoms with E-state index in [1.807, 2.05) is 17.0 Å². The van der Waals surface area contributed by atoms with Crippen molar-refractivity contribution in [1.29, 1.82) is 0 Å². The molecule has 0 saturated carbocycles. The first kappa shape index (κ1) is 15.0. The first-order chi connectivity index (χ1) is 9.20. The number of aliphatic hydroxyl groups excluding tert-OH is 1. The van der Waals surface area contributed by atoms with E-state index in [1.54, 1.807) is 0 Å². The molecule has 1 amide bonds. The molecular weight excluding hydrogens is 330 g/mol. The molecule has 0 radical (unpaired) electrons. The second-order valence-corrected chi connectivity index (χ2v) is 7.01. The quantitative estimate of drug-likeness (QED) is 0.832. The molecule has 0 atom stereocenters. The Hall–Kier alpha value is -0.430. The van der Waals surface area contributed by atoms with E-state index in [2.05, 4.69) is 15.9 Å². The van der Waals surface area contributed by atoms with Gasteiger partial charge in [-0.2, -0.15) is 0 Å². The lowest BCUT2D eigenvalue weighted by molar-refractivity contribution is 0.00409. The fourth-order valence-corrected chi connectivity index (χ4v) is 3.48. The third-order valence-electron chi connectivity index (χ3n) is 3.17. The standard InChI is InChI=1S/C13H18BrNO3S/c14-12-3-2-11(19-12)13(17)15-6-4-10(5-7-15)18-9-1-8-16/h2-3,10,16H,1,4-9H2. The Labute approximate surface area is 125 Å². The van der Waals surface area contributed by atoms with E-state index in [0.29, 0.717) is 13.0 Å². The van der Waals surface area contributed by atoms with E-state index in [9.17, 15) is 4.79 Å². The number of halogens is 1. The van der Waals surface area contributed by atoms with E-state index in [0.717, 1.165) is 34.6 Å². The number of aliphatic hydroxyl groups is 1. The Kier molecular flexibility index (Phi) is 5.81. The number of thiophene rings is 1. The van der Waals surface area contributed by atoms with Crippen molar-refractivity contribution >= 4 is 33.2 Å². The highest BCUT2D eigenvalue weighted by Gasteiger charge is 2.24. The number of rotatable bonds is 5. The molecule has 2 rings (SSSR count). The van der Waals surface area contributed by atoms with Crippen molar-refractivity contribution < 1.29 is 14.6 Å². The summed E-state index contributed by atoms with van der Waals surface area (Å²) in [6, 6.07) is 3.77. The summed E-state index contributed by atoms with van der Waals surface area (Å²) < 4.78 is 6.64. The van der Waals surface area contributed by atoms with Gasteiger partial charge in [-0.1, -0.05) is 0 Å². The molecule has 1 aliphatic rings. The Morgan fingerprint density at radius 3 is 2.79 bits per heavy atom. The summed E-state index contributed by atoms with van der Waals surface area (Å²) >= 11 is 4.85. The molecule has 1 aromatic heterocycles. The van der Waals surface area contributed by atoms with Gasteiger partial charge in [0.15, 0.2) is 0 Å². The topological polar surface area (TPSA) is 49.8 Å². The molecule has 106 valence electrons. The van der Waals surface area contributed by atoms with E-state index in [1.165, 1.54) is 11.3 Å². The number of hydrogen-bond donors (Lipinski definition) is 1. The van der Waals surface area contributed by atoms with Crippen molar-refractivity contribution in [2.75, 3.05) is 26.3 Å². The van der Waals surface area contributed by atoms with Gasteiger partial charge in [0.2, 0.25) is 0 Å². The molecule has 0 aliphatic carbocycles. The molecule has 6 heteroatoms. The first-order valence-electron chi connectivity index (χ1n) is 6.48. The normalized spacial score (nSPS) is 16.8. The van der Waals surface area contributed by atoms with Crippen LogP contribution in [-0.2, 0) is 4.74 Å². The van der Waals surface area contributed by atoms with Crippen molar-refractivity contribution in [3.63, 3.8) is 0 Å². The maximum Gasteiger partial charge on any atom is 0.263 e. The summed E-state index contributed by atoms with van der Waals surface area (Å²) in [6.07, 6.45) is 2.67. The molecule has 4 nitrogen and oxygen atoms in total. The number of ether oxygens (including phenoxy) is 1. The largest absolute Gasteiger partial charge is 0.396 e. The van der Waals surface area contributed by atoms with Gasteiger partial charge in [0.25, 0.3) is 5.91 Å². The molecule has 0 bridgehead atoms. The second-order valence-electron chi connectivity index (χ2n) is 4.54. The van der Waals surface area contributed by atoms with Crippen LogP contribution < -0.4 is 0 Å². The Balaban J connectivity index is 1.78. The van der Waals surface area contributed by atoms with E-state index >= 15 is 0 Å². The lowest BCUT2D eigenvalue weighted by Crippen LogP contribution is -2.40. The van der Waals surface area contributed by atoms with Gasteiger partial charge in [0.05, 0.1) is 14.8 Å². The highest BCUT2D eigenvalue weighted by atomic mass is 79.9. The van der Waals surface area contributed by atoms with Crippen molar-refractivity contribution in [3.05, 3.63) is 20.8 Å². The van der Waals surface area contributed by atoms with Gasteiger partial charge < -0.3 is 14.7 Å². The van der Waals surface area contributed by atoms with Gasteiger partial charge in [-0.15, -0.1) is 11.3 Å². The zero-order valence-corrected chi connectivity index (χ0v) is 13.1. The number of hydrogen-bond acceptors (Lipinski definition) is 4. The molecule has 0 spiro atoms. The van der Waals surface area contributed by atoms with Crippen LogP contribution in [0.2, 0.25) is 0 Å². The zero-order valence-electron chi connectivity index (χ0n) is 10.7. The van der Waals surface area contributed by atoms with Gasteiger partial charge in [0.1, 0.15) is 0 Å². The van der Waals surface area contributed by atoms with Crippen molar-refractivity contribution in [2.24, 2.45) is 0 Å². The number of piperidine rings is 1. The maximum atomic E-state index is 12.2. The van der Waals surface area contributed by atoms with Crippen molar-refractivity contribution in [2.45, 2.75) is 25.4 Å². The summed E-state index contributed by atoms with van der Waals surface area (Å²) in [4.78, 5) is 14.9. The molecule has 1 aromatic rings. The lowest BCUT2D eigenvalue weighted by Gasteiger charge is -2.31. The van der Waals surface area contributed by atoms with E-state index in [4.69, 9.17) is 9.84 Å². The second kappa shape index (κ2) is 7.38. The molecule has 19 heavy (non-hydrogen) atoms. The number of carbonyl (C=O) groups excluding carboxylic acids is 1. The molecule has 0 aromatic carbocycles. The third kappa shape index (κ3) is 4.27. The predicted octanol–water partition coefficient (Wildman–Crippen LogP) is 2.51. The molecule has 0 unspecified atom stereocenters. The molecular formula is C13H18BrNO3S. The van der Waals surface area contributed by atoms with Gasteiger partial charge in [-0.25, -0.2) is 0 Å². The van der Waals surface area contributed by atoms with Gasteiger partial charge in [-0.05, 0) is 47.3 Å². The summed E-state index contributed by atoms with van der Waals surface area (Å²) in [7, 11) is 0. The summed E-state index contributed by atoms with van der Waals surface area (Å²) in [6.45, 7) is 2.27. The van der Waals surface area contributed by atoms with Gasteiger partial charge in [0, 0.05) is 26.3 Å². The van der Waals surface area contributed by atoms with Crippen LogP contribution in [0.25, 0.3) is 0 Å². The van der Waals surface area contributed by atoms with E-state index in [-0.39, 0.29) is 18.6 Å². The SMILES string of the molecule is O=C(c1ccc(Br)s1)N1CCC(OCCCO)CC1. The van der Waals surface area contributed by atoms with Gasteiger partial charge >= 0.3 is 0 Å². The average molecular weight is 348 g/mol. The fourth-order valence-electron chi connectivity index (χ4n) is 2.13. The number of amides is 1. The highest BCUT2D eigenvalue weighted by molar-refractivity contribution is 9.11. The Morgan fingerprint density at radius 2 is 2.21 bits per heavy atom. The average Bonchev–Trinajstić information content (AvgIpc) is 2.86. The van der Waals surface area contributed by atoms with Crippen LogP contribution in [0.4, 0.5) is 0 Å². The lowest BCUT2D eigenvalue weighted by atomic mass is 10.1. The minimum atomic E-state index is 0.115. The maximum absolute atomic E-state index is 12.2. The van der Waals surface area contributed by atoms with Crippen LogP contribution in [0.3, 0.4) is 0 Å². The monoisotopic (exact) mass is 347 g/mol. The molecule has 1 aliphatic heterocycles. The summed E-state index contributed by atoms with van der Waals surface area (Å²) in [5, 5.41) is 8.70. The van der Waals surface area contributed by atoms with Crippen LogP contribution >= 0.6 is 27.3 Å². The van der Waals surface area contributed by atoms with Crippen LogP contribution in [0.5, 0.6) is 0 Å². The van der Waals surface area contributed by atoms with Crippen LogP contribution in [0.1, 0.15) is 28.9 Å². The van der Waals surface area contributed by atoms with Crippen molar-refractivity contribution in [3.8, 4) is 0 Å². The van der Waals surface area contributed by atoms with Crippen LogP contribution in [0, 0.1) is 0 Å². The molecule has 2 heterocycles. The summed E-state index contributed by atoms with van der Waals surface area (Å²) in [5.41, 5.74) is 0. The van der Waals surface area contributed by atoms with Crippen molar-refractivity contribution in [1.82, 2.24) is 4.90 Å². The molecule has 1 N–H and O–H groups in total. The van der Waals surface area contributed by atoms with Gasteiger partial charge in [-0.3, -0.25) is 4.79 Å². The molecule has 1 saturated heterocycles. The van der Waals surface area contributed by atoms with Crippen LogP contribution in [0.15, 0.2) is 15.9 Å². The number of likely N-dealkylation sites (tertiary alicyclic amines) is 1. The predicted molar refractivity (Wildman–Crippen MR) is 78.6 cm³/mol.